The Morgan fingerprint density at radius 2 is 1.85 bits per heavy atom. The summed E-state index contributed by atoms with van der Waals surface area (Å²) in [4.78, 5) is 10.5. The fourth-order valence-electron chi connectivity index (χ4n) is 0.917. The summed E-state index contributed by atoms with van der Waals surface area (Å²) in [6, 6.07) is 5.74. The monoisotopic (exact) mass is 190 g/mol. The van der Waals surface area contributed by atoms with Gasteiger partial charge < -0.3 is 16.6 Å². The van der Waals surface area contributed by atoms with Gasteiger partial charge in [-0.3, -0.25) is 0 Å². The maximum Gasteiger partial charge on any atom is 1.00 e. The van der Waals surface area contributed by atoms with Crippen molar-refractivity contribution in [2.45, 2.75) is 0 Å². The number of aromatic carboxylic acids is 1. The summed E-state index contributed by atoms with van der Waals surface area (Å²) in [5, 5.41) is 26.1. The van der Waals surface area contributed by atoms with Crippen molar-refractivity contribution in [1.82, 2.24) is 0 Å². The van der Waals surface area contributed by atoms with Crippen molar-refractivity contribution >= 4 is 18.6 Å². The van der Waals surface area contributed by atoms with Crippen molar-refractivity contribution < 1.29 is 50.9 Å². The first kappa shape index (κ1) is 12.7. The second kappa shape index (κ2) is 5.41. The summed E-state index contributed by atoms with van der Waals surface area (Å²) < 4.78 is 0. The van der Waals surface area contributed by atoms with Gasteiger partial charge in [0.2, 0.25) is 0 Å². The van der Waals surface area contributed by atoms with Gasteiger partial charge in [-0.1, -0.05) is 18.2 Å². The topological polar surface area (TPSA) is 77.8 Å². The molecule has 0 spiro atoms. The van der Waals surface area contributed by atoms with Crippen LogP contribution in [0, 0.1) is 0 Å². The van der Waals surface area contributed by atoms with Crippen LogP contribution in [0.25, 0.3) is 0 Å². The summed E-state index contributed by atoms with van der Waals surface area (Å²) in [7, 11) is -1.74. The molecule has 0 radical (unpaired) electrons. The molecule has 6 heteroatoms. The predicted molar refractivity (Wildman–Crippen MR) is 44.3 cm³/mol. The van der Waals surface area contributed by atoms with Gasteiger partial charge in [-0.2, -0.15) is 0 Å². The first-order chi connectivity index (χ1) is 5.63. The second-order valence-electron chi connectivity index (χ2n) is 2.27. The third kappa shape index (κ3) is 3.13. The van der Waals surface area contributed by atoms with Crippen LogP contribution in [0.3, 0.4) is 0 Å². The number of hydrogen-bond acceptors (Lipinski definition) is 3. The molecule has 0 amide bonds. The molecule has 1 aromatic rings. The fraction of sp³-hybridized carbons (Fsp3) is 0. The second-order valence-corrected chi connectivity index (χ2v) is 2.27. The molecule has 0 saturated carbocycles. The van der Waals surface area contributed by atoms with Crippen LogP contribution in [0.1, 0.15) is 11.8 Å². The Morgan fingerprint density at radius 3 is 2.23 bits per heavy atom. The predicted octanol–water partition coefficient (Wildman–Crippen LogP) is -3.82. The molecule has 0 aliphatic carbocycles. The molecular formula is C7H8BNaO4. The van der Waals surface area contributed by atoms with Gasteiger partial charge in [0, 0.05) is 0 Å². The smallest absolute Gasteiger partial charge is 1.00 e. The number of hydrogen-bond donors (Lipinski definition) is 3. The van der Waals surface area contributed by atoms with Crippen LogP contribution < -0.4 is 35.0 Å². The zero-order chi connectivity index (χ0) is 9.14. The van der Waals surface area contributed by atoms with Crippen LogP contribution in [0.15, 0.2) is 24.3 Å². The van der Waals surface area contributed by atoms with Crippen molar-refractivity contribution in [1.29, 1.82) is 0 Å². The molecule has 4 nitrogen and oxygen atoms in total. The van der Waals surface area contributed by atoms with Gasteiger partial charge in [-0.25, -0.2) is 4.79 Å². The molecule has 0 bridgehead atoms. The quantitative estimate of drug-likeness (QED) is 0.417. The van der Waals surface area contributed by atoms with Crippen LogP contribution >= 0.6 is 0 Å². The summed E-state index contributed by atoms with van der Waals surface area (Å²) >= 11 is 0. The van der Waals surface area contributed by atoms with E-state index in [2.05, 4.69) is 0 Å². The Labute approximate surface area is 99.1 Å². The maximum atomic E-state index is 10.5. The van der Waals surface area contributed by atoms with E-state index in [-0.39, 0.29) is 42.0 Å². The van der Waals surface area contributed by atoms with E-state index in [9.17, 15) is 4.79 Å². The van der Waals surface area contributed by atoms with E-state index in [1.165, 1.54) is 18.2 Å². The van der Waals surface area contributed by atoms with Crippen LogP contribution in [0.4, 0.5) is 0 Å². The SMILES string of the molecule is O=C(O)c1ccccc1B(O)O.[H-].[Na+]. The van der Waals surface area contributed by atoms with E-state index >= 15 is 0 Å². The van der Waals surface area contributed by atoms with Gasteiger partial charge in [0.15, 0.2) is 0 Å². The average Bonchev–Trinajstić information content (AvgIpc) is 2.04. The maximum absolute atomic E-state index is 10.5. The summed E-state index contributed by atoms with van der Waals surface area (Å²) in [6.07, 6.45) is 0. The minimum Gasteiger partial charge on any atom is -1.00 e. The number of carboxylic acid groups (broad SMARTS) is 1. The van der Waals surface area contributed by atoms with Crippen molar-refractivity contribution in [3.8, 4) is 0 Å². The Kier molecular flexibility index (Phi) is 5.28. The average molecular weight is 190 g/mol. The fourth-order valence-corrected chi connectivity index (χ4v) is 0.917. The Morgan fingerprint density at radius 1 is 1.31 bits per heavy atom. The molecular weight excluding hydrogens is 182 g/mol. The van der Waals surface area contributed by atoms with Crippen molar-refractivity contribution in [3.63, 3.8) is 0 Å². The normalized spacial score (nSPS) is 8.77. The largest absolute Gasteiger partial charge is 1.00 e. The standard InChI is InChI=1S/C7H7BO4.Na.H/c9-7(10)5-3-1-2-4-6(5)8(11)12;;/h1-4,11-12H,(H,9,10);;/q;+1;-1. The molecule has 0 aromatic heterocycles. The molecule has 0 aliphatic heterocycles. The zero-order valence-corrected chi connectivity index (χ0v) is 9.14. The van der Waals surface area contributed by atoms with Gasteiger partial charge >= 0.3 is 42.6 Å². The molecule has 0 aliphatic rings. The number of benzene rings is 1. The Balaban J connectivity index is 0. The van der Waals surface area contributed by atoms with Crippen molar-refractivity contribution in [2.75, 3.05) is 0 Å². The van der Waals surface area contributed by atoms with E-state index in [0.717, 1.165) is 0 Å². The van der Waals surface area contributed by atoms with Gasteiger partial charge in [-0.15, -0.1) is 0 Å². The molecule has 0 atom stereocenters. The number of carboxylic acids is 1. The zero-order valence-electron chi connectivity index (χ0n) is 8.14. The first-order valence-electron chi connectivity index (χ1n) is 3.31. The van der Waals surface area contributed by atoms with E-state index in [1.54, 1.807) is 6.07 Å². The van der Waals surface area contributed by atoms with Gasteiger partial charge in [0.25, 0.3) is 0 Å². The third-order valence-corrected chi connectivity index (χ3v) is 1.47. The molecule has 3 N–H and O–H groups in total. The molecule has 0 unspecified atom stereocenters. The van der Waals surface area contributed by atoms with Gasteiger partial charge in [0.1, 0.15) is 0 Å². The molecule has 0 fully saturated rings. The molecule has 13 heavy (non-hydrogen) atoms. The van der Waals surface area contributed by atoms with Gasteiger partial charge in [-0.05, 0) is 11.5 Å². The molecule has 64 valence electrons. The van der Waals surface area contributed by atoms with Crippen LogP contribution in [-0.4, -0.2) is 28.2 Å². The summed E-state index contributed by atoms with van der Waals surface area (Å²) in [5.41, 5.74) is -0.0856. The molecule has 1 rings (SSSR count). The molecule has 0 heterocycles. The minimum atomic E-state index is -1.74. The molecule has 0 saturated heterocycles. The van der Waals surface area contributed by atoms with E-state index in [4.69, 9.17) is 15.2 Å². The first-order valence-corrected chi connectivity index (χ1v) is 3.31. The number of carbonyl (C=O) groups is 1. The van der Waals surface area contributed by atoms with E-state index in [1.807, 2.05) is 0 Å². The van der Waals surface area contributed by atoms with E-state index < -0.39 is 13.1 Å². The third-order valence-electron chi connectivity index (χ3n) is 1.47. The Hall–Kier alpha value is -0.325. The van der Waals surface area contributed by atoms with Crippen LogP contribution in [0.5, 0.6) is 0 Å². The van der Waals surface area contributed by atoms with Gasteiger partial charge in [0.05, 0.1) is 5.56 Å². The summed E-state index contributed by atoms with van der Waals surface area (Å²) in [6.45, 7) is 0. The van der Waals surface area contributed by atoms with E-state index in [0.29, 0.717) is 0 Å². The van der Waals surface area contributed by atoms with Crippen molar-refractivity contribution in [2.24, 2.45) is 0 Å². The minimum absolute atomic E-state index is 0. The Bertz CT molecular complexity index is 307. The molecule has 1 aromatic carbocycles. The summed E-state index contributed by atoms with van der Waals surface area (Å²) in [5.74, 6) is -1.17. The van der Waals surface area contributed by atoms with Crippen LogP contribution in [-0.2, 0) is 0 Å². The number of rotatable bonds is 2. The van der Waals surface area contributed by atoms with Crippen molar-refractivity contribution in [3.05, 3.63) is 29.8 Å². The van der Waals surface area contributed by atoms with Crippen LogP contribution in [0.2, 0.25) is 0 Å².